The molecular formula is C21H34N4O2. The first-order valence-electron chi connectivity index (χ1n) is 9.84. The molecule has 0 radical (unpaired) electrons. The van der Waals surface area contributed by atoms with Gasteiger partial charge in [-0.1, -0.05) is 13.8 Å². The summed E-state index contributed by atoms with van der Waals surface area (Å²) in [6.07, 6.45) is 2.38. The highest BCUT2D eigenvalue weighted by Crippen LogP contribution is 2.31. The maximum Gasteiger partial charge on any atom is 0.317 e. The van der Waals surface area contributed by atoms with Crippen LogP contribution in [0.15, 0.2) is 18.2 Å². The molecule has 1 aromatic rings. The molecule has 1 fully saturated rings. The van der Waals surface area contributed by atoms with Gasteiger partial charge in [-0.2, -0.15) is 0 Å². The molecule has 3 amide bonds. The van der Waals surface area contributed by atoms with Crippen molar-refractivity contribution < 1.29 is 9.59 Å². The Hall–Kier alpha value is -2.24. The van der Waals surface area contributed by atoms with Crippen LogP contribution in [-0.4, -0.2) is 43.5 Å². The molecule has 1 aliphatic carbocycles. The largest absolute Gasteiger partial charge is 0.377 e. The first kappa shape index (κ1) is 21.1. The van der Waals surface area contributed by atoms with Gasteiger partial charge in [0.05, 0.1) is 0 Å². The molecule has 0 unspecified atom stereocenters. The summed E-state index contributed by atoms with van der Waals surface area (Å²) in [7, 11) is 3.98. The average Bonchev–Trinajstić information content (AvgIpc) is 3.37. The van der Waals surface area contributed by atoms with E-state index < -0.39 is 0 Å². The van der Waals surface area contributed by atoms with Crippen LogP contribution in [0.5, 0.6) is 0 Å². The number of benzene rings is 1. The molecule has 1 aromatic carbocycles. The van der Waals surface area contributed by atoms with Gasteiger partial charge in [0.15, 0.2) is 0 Å². The van der Waals surface area contributed by atoms with E-state index in [1.165, 1.54) is 12.8 Å². The van der Waals surface area contributed by atoms with Gasteiger partial charge in [-0.05, 0) is 56.4 Å². The number of urea groups is 1. The molecule has 0 atom stereocenters. The quantitative estimate of drug-likeness (QED) is 0.730. The van der Waals surface area contributed by atoms with Crippen molar-refractivity contribution >= 4 is 23.3 Å². The van der Waals surface area contributed by atoms with E-state index >= 15 is 0 Å². The summed E-state index contributed by atoms with van der Waals surface area (Å²) in [5, 5.41) is 5.97. The Labute approximate surface area is 163 Å². The van der Waals surface area contributed by atoms with Crippen LogP contribution in [-0.2, 0) is 11.3 Å². The van der Waals surface area contributed by atoms with Gasteiger partial charge in [0.2, 0.25) is 5.91 Å². The summed E-state index contributed by atoms with van der Waals surface area (Å²) in [5.74, 6) is 0.519. The SMILES string of the molecule is CC(C)NC(=O)N(Cc1cc(NC(=O)C(C)C)ccc1N(C)C)CC1CC1. The first-order valence-corrected chi connectivity index (χ1v) is 9.84. The zero-order valence-corrected chi connectivity index (χ0v) is 17.5. The van der Waals surface area contributed by atoms with Gasteiger partial charge in [0, 0.05) is 50.5 Å². The highest BCUT2D eigenvalue weighted by molar-refractivity contribution is 5.92. The van der Waals surface area contributed by atoms with Crippen molar-refractivity contribution in [2.24, 2.45) is 11.8 Å². The number of nitrogens with one attached hydrogen (secondary N) is 2. The second-order valence-corrected chi connectivity index (χ2v) is 8.31. The molecule has 0 heterocycles. The van der Waals surface area contributed by atoms with Crippen LogP contribution >= 0.6 is 0 Å². The van der Waals surface area contributed by atoms with Gasteiger partial charge in [0.1, 0.15) is 0 Å². The lowest BCUT2D eigenvalue weighted by molar-refractivity contribution is -0.118. The molecule has 6 nitrogen and oxygen atoms in total. The standard InChI is InChI=1S/C21H34N4O2/c1-14(2)20(26)23-18-9-10-19(24(5)6)17(11-18)13-25(12-16-7-8-16)21(27)22-15(3)4/h9-11,14-16H,7-8,12-13H2,1-6H3,(H,22,27)(H,23,26). The van der Waals surface area contributed by atoms with Gasteiger partial charge in [-0.3, -0.25) is 4.79 Å². The lowest BCUT2D eigenvalue weighted by Crippen LogP contribution is -2.43. The molecule has 6 heteroatoms. The highest BCUT2D eigenvalue weighted by Gasteiger charge is 2.27. The zero-order valence-electron chi connectivity index (χ0n) is 17.5. The number of nitrogens with zero attached hydrogens (tertiary/aromatic N) is 2. The summed E-state index contributed by atoms with van der Waals surface area (Å²) in [6.45, 7) is 8.99. The first-order chi connectivity index (χ1) is 12.7. The fourth-order valence-electron chi connectivity index (χ4n) is 2.89. The minimum absolute atomic E-state index is 0.00839. The van der Waals surface area contributed by atoms with Gasteiger partial charge in [0.25, 0.3) is 0 Å². The van der Waals surface area contributed by atoms with Gasteiger partial charge in [-0.15, -0.1) is 0 Å². The average molecular weight is 375 g/mol. The number of rotatable bonds is 8. The van der Waals surface area contributed by atoms with E-state index in [0.717, 1.165) is 23.5 Å². The molecule has 0 bridgehead atoms. The predicted octanol–water partition coefficient (Wildman–Crippen LogP) is 3.68. The van der Waals surface area contributed by atoms with Gasteiger partial charge in [-0.25, -0.2) is 4.79 Å². The van der Waals surface area contributed by atoms with Crippen LogP contribution in [0, 0.1) is 11.8 Å². The van der Waals surface area contributed by atoms with Gasteiger partial charge >= 0.3 is 6.03 Å². The number of carbonyl (C=O) groups is 2. The maximum atomic E-state index is 12.7. The van der Waals surface area contributed by atoms with Crippen molar-refractivity contribution in [1.82, 2.24) is 10.2 Å². The Bertz CT molecular complexity index is 666. The Balaban J connectivity index is 2.25. The van der Waals surface area contributed by atoms with E-state index in [2.05, 4.69) is 10.6 Å². The van der Waals surface area contributed by atoms with Crippen LogP contribution in [0.4, 0.5) is 16.2 Å². The number of hydrogen-bond acceptors (Lipinski definition) is 3. The third kappa shape index (κ3) is 6.45. The molecule has 0 aromatic heterocycles. The monoisotopic (exact) mass is 374 g/mol. The van der Waals surface area contributed by atoms with Crippen LogP contribution in [0.1, 0.15) is 46.1 Å². The van der Waals surface area contributed by atoms with E-state index in [1.54, 1.807) is 0 Å². The molecule has 150 valence electrons. The van der Waals surface area contributed by atoms with Crippen LogP contribution in [0.3, 0.4) is 0 Å². The van der Waals surface area contributed by atoms with Crippen molar-refractivity contribution in [3.05, 3.63) is 23.8 Å². The molecule has 1 aliphatic rings. The smallest absolute Gasteiger partial charge is 0.317 e. The second kappa shape index (κ2) is 9.11. The number of carbonyl (C=O) groups excluding carboxylic acids is 2. The van der Waals surface area contributed by atoms with E-state index in [4.69, 9.17) is 0 Å². The highest BCUT2D eigenvalue weighted by atomic mass is 16.2. The lowest BCUT2D eigenvalue weighted by atomic mass is 10.1. The minimum Gasteiger partial charge on any atom is -0.377 e. The summed E-state index contributed by atoms with van der Waals surface area (Å²) in [4.78, 5) is 28.7. The normalized spacial score (nSPS) is 13.6. The fraction of sp³-hybridized carbons (Fsp3) is 0.619. The molecule has 0 aliphatic heterocycles. The minimum atomic E-state index is -0.0786. The van der Waals surface area contributed by atoms with Crippen molar-refractivity contribution in [2.75, 3.05) is 30.9 Å². The summed E-state index contributed by atoms with van der Waals surface area (Å²) >= 11 is 0. The van der Waals surface area contributed by atoms with E-state index in [9.17, 15) is 9.59 Å². The third-order valence-corrected chi connectivity index (χ3v) is 4.59. The molecular weight excluding hydrogens is 340 g/mol. The van der Waals surface area contributed by atoms with E-state index in [0.29, 0.717) is 12.5 Å². The van der Waals surface area contributed by atoms with Crippen molar-refractivity contribution in [2.45, 2.75) is 53.1 Å². The zero-order chi connectivity index (χ0) is 20.1. The lowest BCUT2D eigenvalue weighted by Gasteiger charge is -2.27. The molecule has 0 saturated heterocycles. The van der Waals surface area contributed by atoms with E-state index in [1.807, 2.05) is 69.8 Å². The summed E-state index contributed by atoms with van der Waals surface area (Å²) in [5.41, 5.74) is 2.85. The van der Waals surface area contributed by atoms with Crippen LogP contribution in [0.2, 0.25) is 0 Å². The third-order valence-electron chi connectivity index (χ3n) is 4.59. The molecule has 1 saturated carbocycles. The van der Waals surface area contributed by atoms with Crippen LogP contribution < -0.4 is 15.5 Å². The summed E-state index contributed by atoms with van der Waals surface area (Å²) in [6, 6.07) is 5.97. The maximum absolute atomic E-state index is 12.7. The number of hydrogen-bond donors (Lipinski definition) is 2. The Kier molecular flexibility index (Phi) is 7.11. The summed E-state index contributed by atoms with van der Waals surface area (Å²) < 4.78 is 0. The molecule has 27 heavy (non-hydrogen) atoms. The Morgan fingerprint density at radius 3 is 2.33 bits per heavy atom. The van der Waals surface area contributed by atoms with E-state index in [-0.39, 0.29) is 23.9 Å². The van der Waals surface area contributed by atoms with Crippen molar-refractivity contribution in [3.8, 4) is 0 Å². The topological polar surface area (TPSA) is 64.7 Å². The van der Waals surface area contributed by atoms with Gasteiger partial charge < -0.3 is 20.4 Å². The fourth-order valence-corrected chi connectivity index (χ4v) is 2.89. The van der Waals surface area contributed by atoms with Crippen molar-refractivity contribution in [3.63, 3.8) is 0 Å². The molecule has 2 rings (SSSR count). The number of anilines is 2. The van der Waals surface area contributed by atoms with Crippen LogP contribution in [0.25, 0.3) is 0 Å². The van der Waals surface area contributed by atoms with Crippen molar-refractivity contribution in [1.29, 1.82) is 0 Å². The Morgan fingerprint density at radius 2 is 1.81 bits per heavy atom. The molecule has 2 N–H and O–H groups in total. The Morgan fingerprint density at radius 1 is 1.15 bits per heavy atom. The number of amides is 3. The molecule has 0 spiro atoms. The second-order valence-electron chi connectivity index (χ2n) is 8.31. The predicted molar refractivity (Wildman–Crippen MR) is 111 cm³/mol.